The van der Waals surface area contributed by atoms with Gasteiger partial charge in [-0.1, -0.05) is 11.6 Å². The number of anilines is 1. The molecule has 5 aromatic rings. The second kappa shape index (κ2) is 6.82. The van der Waals surface area contributed by atoms with Gasteiger partial charge in [0.05, 0.1) is 29.8 Å². The van der Waals surface area contributed by atoms with Crippen molar-refractivity contribution < 1.29 is 13.2 Å². The third-order valence-electron chi connectivity index (χ3n) is 5.47. The Morgan fingerprint density at radius 3 is 2.76 bits per heavy atom. The molecule has 0 aromatic carbocycles. The van der Waals surface area contributed by atoms with Crippen molar-refractivity contribution in [2.45, 2.75) is 12.8 Å². The Morgan fingerprint density at radius 1 is 1.18 bits per heavy atom. The van der Waals surface area contributed by atoms with Gasteiger partial charge in [0.2, 0.25) is 5.89 Å². The molecule has 0 saturated carbocycles. The van der Waals surface area contributed by atoms with Crippen molar-refractivity contribution in [2.75, 3.05) is 18.0 Å². The Kier molecular flexibility index (Phi) is 4.09. The number of pyridine rings is 2. The predicted octanol–water partition coefficient (Wildman–Crippen LogP) is 3.50. The average Bonchev–Trinajstić information content (AvgIpc) is 3.39. The third kappa shape index (κ3) is 3.07. The quantitative estimate of drug-likeness (QED) is 0.399. The molecule has 1 aliphatic rings. The van der Waals surface area contributed by atoms with Gasteiger partial charge in [-0.3, -0.25) is 0 Å². The van der Waals surface area contributed by atoms with Crippen molar-refractivity contribution in [3.8, 4) is 17.4 Å². The molecular weight excluding hydrogens is 456 g/mol. The van der Waals surface area contributed by atoms with Crippen LogP contribution in [0.5, 0.6) is 0 Å². The van der Waals surface area contributed by atoms with Gasteiger partial charge in [-0.05, 0) is 36.8 Å². The highest BCUT2D eigenvalue weighted by molar-refractivity contribution is 6.32. The molecule has 6 heterocycles. The molecule has 33 heavy (non-hydrogen) atoms. The van der Waals surface area contributed by atoms with Gasteiger partial charge in [-0.25, -0.2) is 32.7 Å². The smallest absolute Gasteiger partial charge is 0.366 e. The van der Waals surface area contributed by atoms with E-state index in [2.05, 4.69) is 20.2 Å². The summed E-state index contributed by atoms with van der Waals surface area (Å²) in [4.78, 5) is 23.2. The van der Waals surface area contributed by atoms with Crippen LogP contribution in [0.25, 0.3) is 34.0 Å². The van der Waals surface area contributed by atoms with Gasteiger partial charge in [-0.15, -0.1) is 5.10 Å². The summed E-state index contributed by atoms with van der Waals surface area (Å²) in [5, 5.41) is 8.88. The van der Waals surface area contributed by atoms with E-state index in [4.69, 9.17) is 16.0 Å². The summed E-state index contributed by atoms with van der Waals surface area (Å²) >= 11 is 6.32. The number of hydrogen-bond donors (Lipinski definition) is 0. The van der Waals surface area contributed by atoms with Crippen molar-refractivity contribution >= 4 is 34.0 Å². The summed E-state index contributed by atoms with van der Waals surface area (Å²) < 4.78 is 35.3. The van der Waals surface area contributed by atoms with Crippen LogP contribution >= 0.6 is 11.6 Å². The van der Waals surface area contributed by atoms with Crippen molar-refractivity contribution in [1.82, 2.24) is 29.4 Å². The molecule has 1 fully saturated rings. The first-order valence-electron chi connectivity index (χ1n) is 9.93. The second-order valence-corrected chi connectivity index (χ2v) is 8.23. The number of hydrogen-bond acceptors (Lipinski definition) is 7. The minimum absolute atomic E-state index is 0.0464. The highest BCUT2D eigenvalue weighted by Gasteiger charge is 2.45. The summed E-state index contributed by atoms with van der Waals surface area (Å²) in [6.07, 6.45) is 3.10. The van der Waals surface area contributed by atoms with Gasteiger partial charge in [0, 0.05) is 12.3 Å². The Labute approximate surface area is 188 Å². The lowest BCUT2D eigenvalue weighted by atomic mass is 10.1. The fraction of sp³-hybridized carbons (Fsp3) is 0.190. The zero-order valence-corrected chi connectivity index (χ0v) is 17.8. The van der Waals surface area contributed by atoms with Crippen LogP contribution in [0.2, 0.25) is 5.02 Å². The van der Waals surface area contributed by atoms with Crippen molar-refractivity contribution in [2.24, 2.45) is 0 Å². The normalized spacial score (nSPS) is 15.3. The summed E-state index contributed by atoms with van der Waals surface area (Å²) in [5.41, 5.74) is 1.67. The van der Waals surface area contributed by atoms with Crippen LogP contribution in [0.4, 0.5) is 14.6 Å². The molecule has 0 aliphatic carbocycles. The minimum Gasteiger partial charge on any atom is -0.400 e. The Morgan fingerprint density at radius 2 is 2.00 bits per heavy atom. The van der Waals surface area contributed by atoms with E-state index in [0.717, 1.165) is 11.1 Å². The number of fused-ring (bicyclic) bond motifs is 3. The SMILES string of the molecule is Cc1cc2ccnn2c2c(=O)oc(-c3cc(N4CC(F)(F)C4)nn3-c3ncccc3Cl)nc12. The lowest BCUT2D eigenvalue weighted by molar-refractivity contribution is -0.0267. The maximum atomic E-state index is 13.5. The molecule has 1 saturated heterocycles. The Bertz CT molecular complexity index is 1620. The lowest BCUT2D eigenvalue weighted by Crippen LogP contribution is -2.56. The zero-order valence-electron chi connectivity index (χ0n) is 17.0. The topological polar surface area (TPSA) is 94.4 Å². The van der Waals surface area contributed by atoms with E-state index >= 15 is 0 Å². The molecule has 0 spiro atoms. The first-order valence-corrected chi connectivity index (χ1v) is 10.3. The van der Waals surface area contributed by atoms with Gasteiger partial charge >= 0.3 is 5.63 Å². The second-order valence-electron chi connectivity index (χ2n) is 7.82. The molecule has 5 aromatic heterocycles. The highest BCUT2D eigenvalue weighted by Crippen LogP contribution is 2.35. The van der Waals surface area contributed by atoms with E-state index in [1.54, 1.807) is 24.4 Å². The summed E-state index contributed by atoms with van der Waals surface area (Å²) in [5.74, 6) is -2.32. The Balaban J connectivity index is 1.59. The number of alkyl halides is 2. The van der Waals surface area contributed by atoms with Crippen LogP contribution in [-0.2, 0) is 0 Å². The van der Waals surface area contributed by atoms with Crippen molar-refractivity contribution in [3.63, 3.8) is 0 Å². The number of nitrogens with zero attached hydrogens (tertiary/aromatic N) is 7. The maximum Gasteiger partial charge on any atom is 0.366 e. The van der Waals surface area contributed by atoms with E-state index in [-0.39, 0.29) is 33.8 Å². The largest absolute Gasteiger partial charge is 0.400 e. The zero-order chi connectivity index (χ0) is 22.9. The van der Waals surface area contributed by atoms with Crippen molar-refractivity contribution in [1.29, 1.82) is 0 Å². The van der Waals surface area contributed by atoms with Gasteiger partial charge in [0.25, 0.3) is 5.92 Å². The molecule has 0 amide bonds. The fourth-order valence-corrected chi connectivity index (χ4v) is 4.13. The van der Waals surface area contributed by atoms with Crippen LogP contribution in [-0.4, -0.2) is 48.4 Å². The fourth-order valence-electron chi connectivity index (χ4n) is 3.93. The van der Waals surface area contributed by atoms with Crippen LogP contribution < -0.4 is 10.5 Å². The van der Waals surface area contributed by atoms with Crippen molar-refractivity contribution in [3.05, 3.63) is 63.7 Å². The van der Waals surface area contributed by atoms with Gasteiger partial charge in [0.1, 0.15) is 11.2 Å². The van der Waals surface area contributed by atoms with Crippen LogP contribution in [0.1, 0.15) is 5.56 Å². The molecule has 0 bridgehead atoms. The summed E-state index contributed by atoms with van der Waals surface area (Å²) in [6.45, 7) is 0.891. The molecule has 12 heteroatoms. The highest BCUT2D eigenvalue weighted by atomic mass is 35.5. The number of halogens is 3. The lowest BCUT2D eigenvalue weighted by Gasteiger charge is -2.38. The van der Waals surface area contributed by atoms with E-state index in [0.29, 0.717) is 5.52 Å². The summed E-state index contributed by atoms with van der Waals surface area (Å²) in [7, 11) is 0. The maximum absolute atomic E-state index is 13.5. The monoisotopic (exact) mass is 469 g/mol. The molecule has 6 rings (SSSR count). The minimum atomic E-state index is -2.79. The standard InChI is InChI=1S/C21H14ClF2N7O2/c1-11-7-12-4-6-26-30(12)17-16(11)27-19(33-20(17)32)14-8-15(29-9-21(23,24)10-29)28-31(14)18-13(22)3-2-5-25-18/h2-8H,9-10H2,1H3. The number of aromatic nitrogens is 6. The molecule has 1 aliphatic heterocycles. The van der Waals surface area contributed by atoms with E-state index in [1.165, 1.54) is 26.4 Å². The molecule has 0 N–H and O–H groups in total. The molecule has 166 valence electrons. The van der Waals surface area contributed by atoms with Gasteiger partial charge in [0.15, 0.2) is 17.2 Å². The van der Waals surface area contributed by atoms with Gasteiger partial charge in [-0.2, -0.15) is 5.10 Å². The Hall–Kier alpha value is -3.86. The van der Waals surface area contributed by atoms with Gasteiger partial charge < -0.3 is 9.32 Å². The molecule has 0 atom stereocenters. The van der Waals surface area contributed by atoms with E-state index in [9.17, 15) is 13.6 Å². The molecule has 9 nitrogen and oxygen atoms in total. The molecule has 0 unspecified atom stereocenters. The first kappa shape index (κ1) is 19.8. The van der Waals surface area contributed by atoms with Crippen LogP contribution in [0.3, 0.4) is 0 Å². The predicted molar refractivity (Wildman–Crippen MR) is 116 cm³/mol. The average molecular weight is 470 g/mol. The molecule has 0 radical (unpaired) electrons. The van der Waals surface area contributed by atoms with Crippen LogP contribution in [0, 0.1) is 6.92 Å². The van der Waals surface area contributed by atoms with E-state index < -0.39 is 24.6 Å². The summed E-state index contributed by atoms with van der Waals surface area (Å²) in [6, 6.07) is 8.42. The number of aryl methyl sites for hydroxylation is 1. The first-order chi connectivity index (χ1) is 15.8. The van der Waals surface area contributed by atoms with Crippen LogP contribution in [0.15, 0.2) is 51.9 Å². The van der Waals surface area contributed by atoms with E-state index in [1.807, 2.05) is 13.0 Å². The molecular formula is C21H14ClF2N7O2. The third-order valence-corrected chi connectivity index (χ3v) is 5.76. The number of rotatable bonds is 3.